The number of hydrogen-bond acceptors (Lipinski definition) is 5. The van der Waals surface area contributed by atoms with Crippen LogP contribution in [0.3, 0.4) is 0 Å². The van der Waals surface area contributed by atoms with Crippen LogP contribution in [0.2, 0.25) is 0 Å². The molecule has 7 nitrogen and oxygen atoms in total. The summed E-state index contributed by atoms with van der Waals surface area (Å²) in [5.74, 6) is 1.35. The van der Waals surface area contributed by atoms with Gasteiger partial charge in [-0.05, 0) is 37.1 Å². The highest BCUT2D eigenvalue weighted by Crippen LogP contribution is 2.31. The lowest BCUT2D eigenvalue weighted by Crippen LogP contribution is -2.49. The van der Waals surface area contributed by atoms with Gasteiger partial charge in [-0.1, -0.05) is 12.1 Å². The van der Waals surface area contributed by atoms with Gasteiger partial charge in [0.25, 0.3) is 0 Å². The fourth-order valence-corrected chi connectivity index (χ4v) is 3.50. The van der Waals surface area contributed by atoms with E-state index >= 15 is 0 Å². The highest BCUT2D eigenvalue weighted by atomic mass is 19.1. The number of halogens is 1. The van der Waals surface area contributed by atoms with Gasteiger partial charge in [-0.15, -0.1) is 15.3 Å². The molecule has 2 fully saturated rings. The maximum Gasteiger partial charge on any atom is 0.225 e. The van der Waals surface area contributed by atoms with Crippen molar-refractivity contribution in [2.24, 2.45) is 5.92 Å². The first-order valence-electron chi connectivity index (χ1n) is 9.22. The molecule has 5 rings (SSSR count). The molecule has 138 valence electrons. The van der Waals surface area contributed by atoms with Crippen LogP contribution in [0, 0.1) is 11.7 Å². The summed E-state index contributed by atoms with van der Waals surface area (Å²) in [6.45, 7) is 2.87. The molecule has 1 amide bonds. The topological polar surface area (TPSA) is 66.6 Å². The summed E-state index contributed by atoms with van der Waals surface area (Å²) in [4.78, 5) is 16.3. The first-order chi connectivity index (χ1) is 13.2. The molecule has 0 unspecified atom stereocenters. The minimum Gasteiger partial charge on any atom is -0.352 e. The fourth-order valence-electron chi connectivity index (χ4n) is 3.50. The summed E-state index contributed by atoms with van der Waals surface area (Å²) >= 11 is 0. The van der Waals surface area contributed by atoms with E-state index in [1.54, 1.807) is 22.7 Å². The second-order valence-electron chi connectivity index (χ2n) is 7.05. The molecule has 0 N–H and O–H groups in total. The van der Waals surface area contributed by atoms with Crippen molar-refractivity contribution < 1.29 is 9.18 Å². The van der Waals surface area contributed by atoms with E-state index in [0.29, 0.717) is 36.0 Å². The lowest BCUT2D eigenvalue weighted by atomic mass is 10.2. The smallest absolute Gasteiger partial charge is 0.225 e. The predicted octanol–water partition coefficient (Wildman–Crippen LogP) is 1.99. The molecule has 1 saturated heterocycles. The summed E-state index contributed by atoms with van der Waals surface area (Å²) in [7, 11) is 0. The van der Waals surface area contributed by atoms with Gasteiger partial charge < -0.3 is 9.80 Å². The lowest BCUT2D eigenvalue weighted by Gasteiger charge is -2.35. The number of aromatic nitrogens is 4. The summed E-state index contributed by atoms with van der Waals surface area (Å²) in [5, 5.41) is 12.9. The van der Waals surface area contributed by atoms with Crippen molar-refractivity contribution in [2.75, 3.05) is 31.1 Å². The Kier molecular flexibility index (Phi) is 3.77. The maximum atomic E-state index is 14.2. The third-order valence-electron chi connectivity index (χ3n) is 5.21. The van der Waals surface area contributed by atoms with Crippen molar-refractivity contribution >= 4 is 17.4 Å². The highest BCUT2D eigenvalue weighted by molar-refractivity contribution is 5.81. The number of carbonyl (C=O) groups excluding carboxylic acids is 1. The summed E-state index contributed by atoms with van der Waals surface area (Å²) in [6.07, 6.45) is 2.06. The molecule has 2 aromatic heterocycles. The Morgan fingerprint density at radius 3 is 2.52 bits per heavy atom. The number of fused-ring (bicyclic) bond motifs is 1. The molecular weight excluding hydrogens is 347 g/mol. The zero-order valence-corrected chi connectivity index (χ0v) is 14.8. The van der Waals surface area contributed by atoms with Crippen molar-refractivity contribution in [3.63, 3.8) is 0 Å². The van der Waals surface area contributed by atoms with Gasteiger partial charge in [0.05, 0.1) is 5.56 Å². The van der Waals surface area contributed by atoms with Gasteiger partial charge in [0.1, 0.15) is 11.6 Å². The molecular formula is C19H19FN6O. The molecule has 1 aliphatic carbocycles. The molecule has 3 aromatic rings. The van der Waals surface area contributed by atoms with Crippen LogP contribution in [0.5, 0.6) is 0 Å². The number of amides is 1. The van der Waals surface area contributed by atoms with Gasteiger partial charge >= 0.3 is 0 Å². The number of carbonyl (C=O) groups is 1. The molecule has 1 aliphatic heterocycles. The Hall–Kier alpha value is -3.03. The second-order valence-corrected chi connectivity index (χ2v) is 7.05. The lowest BCUT2D eigenvalue weighted by molar-refractivity contribution is -0.132. The molecule has 3 heterocycles. The van der Waals surface area contributed by atoms with E-state index in [1.165, 1.54) is 6.07 Å². The Labute approximate surface area is 155 Å². The van der Waals surface area contributed by atoms with E-state index in [1.807, 2.05) is 17.0 Å². The second kappa shape index (κ2) is 6.29. The molecule has 0 radical (unpaired) electrons. The quantitative estimate of drug-likeness (QED) is 0.709. The van der Waals surface area contributed by atoms with Gasteiger partial charge in [-0.3, -0.25) is 4.79 Å². The number of piperazine rings is 1. The molecule has 0 spiro atoms. The van der Waals surface area contributed by atoms with Crippen LogP contribution in [-0.2, 0) is 4.79 Å². The number of anilines is 1. The van der Waals surface area contributed by atoms with Crippen molar-refractivity contribution in [2.45, 2.75) is 12.8 Å². The Morgan fingerprint density at radius 2 is 1.78 bits per heavy atom. The first-order valence-corrected chi connectivity index (χ1v) is 9.22. The van der Waals surface area contributed by atoms with Crippen LogP contribution in [0.25, 0.3) is 17.0 Å². The molecule has 1 aromatic carbocycles. The van der Waals surface area contributed by atoms with Gasteiger partial charge in [0.15, 0.2) is 11.5 Å². The van der Waals surface area contributed by atoms with Gasteiger partial charge in [0, 0.05) is 32.1 Å². The van der Waals surface area contributed by atoms with E-state index < -0.39 is 0 Å². The van der Waals surface area contributed by atoms with E-state index in [2.05, 4.69) is 20.2 Å². The zero-order valence-electron chi connectivity index (χ0n) is 14.8. The van der Waals surface area contributed by atoms with Gasteiger partial charge in [-0.2, -0.15) is 4.52 Å². The first kappa shape index (κ1) is 16.2. The minimum absolute atomic E-state index is 0.256. The molecule has 27 heavy (non-hydrogen) atoms. The number of benzene rings is 1. The molecule has 8 heteroatoms. The van der Waals surface area contributed by atoms with Crippen LogP contribution >= 0.6 is 0 Å². The standard InChI is InChI=1S/C19H19FN6O/c20-15-4-2-1-3-14(15)18-22-21-16-7-8-17(23-26(16)18)24-9-11-25(12-10-24)19(27)13-5-6-13/h1-4,7-8,13H,5-6,9-12H2. The minimum atomic E-state index is -0.355. The zero-order chi connectivity index (χ0) is 18.4. The summed E-state index contributed by atoms with van der Waals surface area (Å²) in [5.41, 5.74) is 0.939. The fraction of sp³-hybridized carbons (Fsp3) is 0.368. The van der Waals surface area contributed by atoms with E-state index in [0.717, 1.165) is 31.7 Å². The Balaban J connectivity index is 1.41. The predicted molar refractivity (Wildman–Crippen MR) is 97.7 cm³/mol. The maximum absolute atomic E-state index is 14.2. The molecule has 0 atom stereocenters. The SMILES string of the molecule is O=C(C1CC1)N1CCN(c2ccc3nnc(-c4ccccc4F)n3n2)CC1. The summed E-state index contributed by atoms with van der Waals surface area (Å²) < 4.78 is 15.7. The monoisotopic (exact) mass is 366 g/mol. The van der Waals surface area contributed by atoms with Crippen molar-refractivity contribution in [3.05, 3.63) is 42.2 Å². The van der Waals surface area contributed by atoms with E-state index in [9.17, 15) is 9.18 Å². The van der Waals surface area contributed by atoms with Crippen LogP contribution in [0.4, 0.5) is 10.2 Å². The normalized spacial score (nSPS) is 17.5. The van der Waals surface area contributed by atoms with Crippen molar-refractivity contribution in [3.8, 4) is 11.4 Å². The molecule has 0 bridgehead atoms. The summed E-state index contributed by atoms with van der Waals surface area (Å²) in [6, 6.07) is 10.2. The van der Waals surface area contributed by atoms with Crippen LogP contribution < -0.4 is 4.90 Å². The highest BCUT2D eigenvalue weighted by Gasteiger charge is 2.34. The number of nitrogens with zero attached hydrogens (tertiary/aromatic N) is 6. The van der Waals surface area contributed by atoms with Crippen LogP contribution in [0.15, 0.2) is 36.4 Å². The van der Waals surface area contributed by atoms with Gasteiger partial charge in [0.2, 0.25) is 5.91 Å². The van der Waals surface area contributed by atoms with Crippen LogP contribution in [0.1, 0.15) is 12.8 Å². The third-order valence-corrected chi connectivity index (χ3v) is 5.21. The Morgan fingerprint density at radius 1 is 1.00 bits per heavy atom. The largest absolute Gasteiger partial charge is 0.352 e. The average Bonchev–Trinajstić information content (AvgIpc) is 3.48. The van der Waals surface area contributed by atoms with E-state index in [4.69, 9.17) is 0 Å². The average molecular weight is 366 g/mol. The van der Waals surface area contributed by atoms with Gasteiger partial charge in [-0.25, -0.2) is 4.39 Å². The Bertz CT molecular complexity index is 1010. The van der Waals surface area contributed by atoms with Crippen molar-refractivity contribution in [1.29, 1.82) is 0 Å². The molecule has 2 aliphatic rings. The molecule has 1 saturated carbocycles. The number of rotatable bonds is 3. The van der Waals surface area contributed by atoms with Crippen LogP contribution in [-0.4, -0.2) is 56.8 Å². The van der Waals surface area contributed by atoms with Crippen molar-refractivity contribution in [1.82, 2.24) is 24.7 Å². The number of hydrogen-bond donors (Lipinski definition) is 0. The third kappa shape index (κ3) is 2.90. The van der Waals surface area contributed by atoms with E-state index in [-0.39, 0.29) is 11.7 Å².